The lowest BCUT2D eigenvalue weighted by molar-refractivity contribution is -0.131. The van der Waals surface area contributed by atoms with Gasteiger partial charge in [0.15, 0.2) is 0 Å². The molecule has 0 aliphatic carbocycles. The normalized spacial score (nSPS) is 27.8. The first-order valence-corrected chi connectivity index (χ1v) is 6.81. The van der Waals surface area contributed by atoms with E-state index in [1.165, 1.54) is 0 Å². The van der Waals surface area contributed by atoms with Crippen molar-refractivity contribution in [3.63, 3.8) is 0 Å². The molecule has 0 spiro atoms. The second-order valence-corrected chi connectivity index (χ2v) is 5.10. The van der Waals surface area contributed by atoms with Gasteiger partial charge in [0.2, 0.25) is 5.91 Å². The summed E-state index contributed by atoms with van der Waals surface area (Å²) in [6.07, 6.45) is 1.20. The highest BCUT2D eigenvalue weighted by atomic mass is 35.5. The molecule has 1 saturated heterocycles. The van der Waals surface area contributed by atoms with Gasteiger partial charge in [0.05, 0.1) is 18.2 Å². The van der Waals surface area contributed by atoms with Gasteiger partial charge in [-0.25, -0.2) is 0 Å². The van der Waals surface area contributed by atoms with Gasteiger partial charge in [-0.1, -0.05) is 0 Å². The lowest BCUT2D eigenvalue weighted by Crippen LogP contribution is -2.54. The first-order chi connectivity index (χ1) is 8.04. The lowest BCUT2D eigenvalue weighted by atomic mass is 10.1. The van der Waals surface area contributed by atoms with Crippen LogP contribution in [0.15, 0.2) is 0 Å². The molecule has 1 N–H and O–H groups in total. The molecule has 0 unspecified atom stereocenters. The molecule has 0 radical (unpaired) electrons. The molecule has 0 bridgehead atoms. The van der Waals surface area contributed by atoms with Crippen LogP contribution in [0.5, 0.6) is 0 Å². The fourth-order valence-electron chi connectivity index (χ4n) is 2.13. The Hall–Kier alpha value is -0.320. The SMILES string of the molecule is C[C@@H]1CN([C@H](C)C(=O)NCCCCl)C[C@H](C)O1. The number of nitrogens with one attached hydrogen (secondary N) is 1. The van der Waals surface area contributed by atoms with Crippen molar-refractivity contribution in [3.8, 4) is 0 Å². The van der Waals surface area contributed by atoms with E-state index in [0.717, 1.165) is 19.5 Å². The van der Waals surface area contributed by atoms with Crippen molar-refractivity contribution in [1.82, 2.24) is 10.2 Å². The number of amides is 1. The van der Waals surface area contributed by atoms with Gasteiger partial charge in [-0.05, 0) is 27.2 Å². The van der Waals surface area contributed by atoms with E-state index in [-0.39, 0.29) is 24.2 Å². The minimum absolute atomic E-state index is 0.0800. The Labute approximate surface area is 109 Å². The first-order valence-electron chi connectivity index (χ1n) is 6.27. The van der Waals surface area contributed by atoms with Crippen molar-refractivity contribution in [2.24, 2.45) is 0 Å². The summed E-state index contributed by atoms with van der Waals surface area (Å²) in [4.78, 5) is 14.1. The number of nitrogens with zero attached hydrogens (tertiary/aromatic N) is 1. The number of carbonyl (C=O) groups is 1. The molecule has 3 atom stereocenters. The summed E-state index contributed by atoms with van der Waals surface area (Å²) in [5.41, 5.74) is 0. The molecule has 1 aliphatic rings. The Balaban J connectivity index is 2.39. The molecule has 1 amide bonds. The van der Waals surface area contributed by atoms with Crippen LogP contribution in [0.25, 0.3) is 0 Å². The Kier molecular flexibility index (Phi) is 6.23. The highest BCUT2D eigenvalue weighted by molar-refractivity contribution is 6.17. The largest absolute Gasteiger partial charge is 0.373 e. The fourth-order valence-corrected chi connectivity index (χ4v) is 2.26. The third kappa shape index (κ3) is 4.82. The molecule has 1 fully saturated rings. The smallest absolute Gasteiger partial charge is 0.237 e. The molecule has 100 valence electrons. The molecular weight excluding hydrogens is 240 g/mol. The summed E-state index contributed by atoms with van der Waals surface area (Å²) < 4.78 is 5.65. The van der Waals surface area contributed by atoms with Crippen LogP contribution in [-0.2, 0) is 9.53 Å². The van der Waals surface area contributed by atoms with E-state index in [1.54, 1.807) is 0 Å². The molecule has 0 aromatic rings. The summed E-state index contributed by atoms with van der Waals surface area (Å²) in [7, 11) is 0. The van der Waals surface area contributed by atoms with E-state index in [0.29, 0.717) is 12.4 Å². The predicted molar refractivity (Wildman–Crippen MR) is 69.4 cm³/mol. The van der Waals surface area contributed by atoms with Crippen LogP contribution in [-0.4, -0.2) is 54.6 Å². The van der Waals surface area contributed by atoms with Gasteiger partial charge in [0.1, 0.15) is 0 Å². The molecule has 4 nitrogen and oxygen atoms in total. The molecule has 0 aromatic heterocycles. The van der Waals surface area contributed by atoms with Gasteiger partial charge in [0.25, 0.3) is 0 Å². The van der Waals surface area contributed by atoms with Crippen LogP contribution in [0.3, 0.4) is 0 Å². The van der Waals surface area contributed by atoms with Crippen molar-refractivity contribution in [3.05, 3.63) is 0 Å². The Morgan fingerprint density at radius 3 is 2.59 bits per heavy atom. The van der Waals surface area contributed by atoms with E-state index < -0.39 is 0 Å². The summed E-state index contributed by atoms with van der Waals surface area (Å²) in [5.74, 6) is 0.664. The van der Waals surface area contributed by atoms with Crippen LogP contribution >= 0.6 is 11.6 Å². The molecular formula is C12H23ClN2O2. The first kappa shape index (κ1) is 14.7. The molecule has 0 aromatic carbocycles. The Morgan fingerprint density at radius 2 is 2.06 bits per heavy atom. The van der Waals surface area contributed by atoms with Crippen LogP contribution in [0, 0.1) is 0 Å². The third-order valence-electron chi connectivity index (χ3n) is 2.98. The maximum Gasteiger partial charge on any atom is 0.237 e. The van der Waals surface area contributed by atoms with E-state index in [2.05, 4.69) is 10.2 Å². The second kappa shape index (κ2) is 7.19. The average Bonchev–Trinajstić information content (AvgIpc) is 2.27. The maximum atomic E-state index is 11.9. The van der Waals surface area contributed by atoms with Crippen molar-refractivity contribution in [2.45, 2.75) is 45.4 Å². The lowest BCUT2D eigenvalue weighted by Gasteiger charge is -2.38. The zero-order valence-corrected chi connectivity index (χ0v) is 11.7. The molecule has 0 saturated carbocycles. The highest BCUT2D eigenvalue weighted by Gasteiger charge is 2.28. The third-order valence-corrected chi connectivity index (χ3v) is 3.25. The summed E-state index contributed by atoms with van der Waals surface area (Å²) in [6.45, 7) is 8.31. The van der Waals surface area contributed by atoms with Crippen molar-refractivity contribution < 1.29 is 9.53 Å². The Bertz CT molecular complexity index is 241. The number of alkyl halides is 1. The monoisotopic (exact) mass is 262 g/mol. The van der Waals surface area contributed by atoms with Crippen molar-refractivity contribution in [1.29, 1.82) is 0 Å². The Morgan fingerprint density at radius 1 is 1.47 bits per heavy atom. The van der Waals surface area contributed by atoms with Crippen LogP contribution in [0.1, 0.15) is 27.2 Å². The molecule has 1 heterocycles. The summed E-state index contributed by atoms with van der Waals surface area (Å²) >= 11 is 5.57. The minimum atomic E-state index is -0.0980. The molecule has 1 aliphatic heterocycles. The molecule has 17 heavy (non-hydrogen) atoms. The number of morpholine rings is 1. The number of rotatable bonds is 5. The van der Waals surface area contributed by atoms with Gasteiger partial charge in [0, 0.05) is 25.5 Å². The molecule has 5 heteroatoms. The minimum Gasteiger partial charge on any atom is -0.373 e. The van der Waals surface area contributed by atoms with E-state index >= 15 is 0 Å². The van der Waals surface area contributed by atoms with Crippen LogP contribution < -0.4 is 5.32 Å². The van der Waals surface area contributed by atoms with E-state index in [1.807, 2.05) is 20.8 Å². The topological polar surface area (TPSA) is 41.6 Å². The quantitative estimate of drug-likeness (QED) is 0.599. The van der Waals surface area contributed by atoms with Crippen LogP contribution in [0.4, 0.5) is 0 Å². The number of hydrogen-bond donors (Lipinski definition) is 1. The van der Waals surface area contributed by atoms with Gasteiger partial charge < -0.3 is 10.1 Å². The number of ether oxygens (including phenoxy) is 1. The fraction of sp³-hybridized carbons (Fsp3) is 0.917. The average molecular weight is 263 g/mol. The van der Waals surface area contributed by atoms with Gasteiger partial charge in [-0.2, -0.15) is 0 Å². The second-order valence-electron chi connectivity index (χ2n) is 4.72. The molecule has 1 rings (SSSR count). The number of carbonyl (C=O) groups excluding carboxylic acids is 1. The zero-order valence-electron chi connectivity index (χ0n) is 10.9. The predicted octanol–water partition coefficient (Wildman–Crippen LogP) is 1.23. The highest BCUT2D eigenvalue weighted by Crippen LogP contribution is 2.13. The van der Waals surface area contributed by atoms with Crippen LogP contribution in [0.2, 0.25) is 0 Å². The van der Waals surface area contributed by atoms with Crippen molar-refractivity contribution in [2.75, 3.05) is 25.5 Å². The van der Waals surface area contributed by atoms with E-state index in [9.17, 15) is 4.79 Å². The maximum absolute atomic E-state index is 11.9. The zero-order chi connectivity index (χ0) is 12.8. The standard InChI is InChI=1S/C12H23ClN2O2/c1-9-7-15(8-10(2)17-9)11(3)12(16)14-6-4-5-13/h9-11H,4-8H2,1-3H3,(H,14,16)/t9-,10+,11-/m1/s1. The van der Waals surface area contributed by atoms with Gasteiger partial charge in [-0.3, -0.25) is 9.69 Å². The summed E-state index contributed by atoms with van der Waals surface area (Å²) in [5, 5.41) is 2.90. The van der Waals surface area contributed by atoms with Gasteiger partial charge >= 0.3 is 0 Å². The van der Waals surface area contributed by atoms with Crippen molar-refractivity contribution >= 4 is 17.5 Å². The van der Waals surface area contributed by atoms with Gasteiger partial charge in [-0.15, -0.1) is 11.6 Å². The van der Waals surface area contributed by atoms with E-state index in [4.69, 9.17) is 16.3 Å². The number of halogens is 1. The number of hydrogen-bond acceptors (Lipinski definition) is 3. The summed E-state index contributed by atoms with van der Waals surface area (Å²) in [6, 6.07) is -0.0980.